The van der Waals surface area contributed by atoms with Crippen molar-refractivity contribution in [1.82, 2.24) is 4.90 Å². The van der Waals surface area contributed by atoms with E-state index in [-0.39, 0.29) is 5.41 Å². The first kappa shape index (κ1) is 12.1. The van der Waals surface area contributed by atoms with Crippen molar-refractivity contribution in [3.63, 3.8) is 0 Å². The summed E-state index contributed by atoms with van der Waals surface area (Å²) < 4.78 is 0. The molecular formula is C13H22N2S. The van der Waals surface area contributed by atoms with Crippen LogP contribution in [-0.4, -0.2) is 24.5 Å². The molecule has 0 fully saturated rings. The van der Waals surface area contributed by atoms with Gasteiger partial charge in [-0.15, -0.1) is 11.3 Å². The van der Waals surface area contributed by atoms with E-state index >= 15 is 0 Å². The molecule has 1 aliphatic rings. The molecule has 90 valence electrons. The Balaban J connectivity index is 1.99. The number of nitrogens with zero attached hydrogens (tertiary/aromatic N) is 1. The molecule has 0 bridgehead atoms. The van der Waals surface area contributed by atoms with Crippen LogP contribution in [0.5, 0.6) is 0 Å². The predicted octanol–water partition coefficient (Wildman–Crippen LogP) is 2.48. The van der Waals surface area contributed by atoms with Gasteiger partial charge in [0.2, 0.25) is 0 Å². The van der Waals surface area contributed by atoms with Crippen LogP contribution < -0.4 is 5.73 Å². The summed E-state index contributed by atoms with van der Waals surface area (Å²) in [6.07, 6.45) is 2.38. The molecule has 0 radical (unpaired) electrons. The van der Waals surface area contributed by atoms with Crippen molar-refractivity contribution in [3.05, 3.63) is 21.9 Å². The first-order valence-corrected chi connectivity index (χ1v) is 7.02. The maximum atomic E-state index is 5.88. The maximum Gasteiger partial charge on any atom is 0.0245 e. The average molecular weight is 238 g/mol. The molecule has 16 heavy (non-hydrogen) atoms. The number of hydrogen-bond donors (Lipinski definition) is 1. The Hall–Kier alpha value is -0.380. The zero-order chi connectivity index (χ0) is 11.6. The summed E-state index contributed by atoms with van der Waals surface area (Å²) in [5, 5.41) is 2.22. The summed E-state index contributed by atoms with van der Waals surface area (Å²) in [4.78, 5) is 4.15. The van der Waals surface area contributed by atoms with E-state index < -0.39 is 0 Å². The van der Waals surface area contributed by atoms with Gasteiger partial charge in [0.15, 0.2) is 0 Å². The lowest BCUT2D eigenvalue weighted by Crippen LogP contribution is -2.42. The van der Waals surface area contributed by atoms with Crippen LogP contribution in [0.25, 0.3) is 0 Å². The summed E-state index contributed by atoms with van der Waals surface area (Å²) in [6, 6.07) is 2.28. The van der Waals surface area contributed by atoms with Gasteiger partial charge in [0.25, 0.3) is 0 Å². The lowest BCUT2D eigenvalue weighted by atomic mass is 9.86. The van der Waals surface area contributed by atoms with E-state index in [9.17, 15) is 0 Å². The van der Waals surface area contributed by atoms with Gasteiger partial charge in [0.05, 0.1) is 0 Å². The SMILES string of the molecule is CCC(C)(CN)CN1CCc2sccc2C1. The number of hydrogen-bond acceptors (Lipinski definition) is 3. The molecule has 3 heteroatoms. The van der Waals surface area contributed by atoms with Gasteiger partial charge in [0, 0.05) is 24.5 Å². The van der Waals surface area contributed by atoms with Crippen molar-refractivity contribution in [2.24, 2.45) is 11.1 Å². The smallest absolute Gasteiger partial charge is 0.0245 e. The molecule has 1 aromatic heterocycles. The average Bonchev–Trinajstić information content (AvgIpc) is 2.76. The molecule has 1 unspecified atom stereocenters. The van der Waals surface area contributed by atoms with Gasteiger partial charge in [-0.3, -0.25) is 4.90 Å². The fourth-order valence-electron chi connectivity index (χ4n) is 2.30. The molecule has 2 nitrogen and oxygen atoms in total. The van der Waals surface area contributed by atoms with Crippen LogP contribution in [0.3, 0.4) is 0 Å². The summed E-state index contributed by atoms with van der Waals surface area (Å²) in [5.74, 6) is 0. The molecule has 2 rings (SSSR count). The van der Waals surface area contributed by atoms with E-state index in [1.54, 1.807) is 4.88 Å². The zero-order valence-electron chi connectivity index (χ0n) is 10.3. The lowest BCUT2D eigenvalue weighted by Gasteiger charge is -2.36. The van der Waals surface area contributed by atoms with Gasteiger partial charge >= 0.3 is 0 Å². The quantitative estimate of drug-likeness (QED) is 0.873. The third-order valence-electron chi connectivity index (χ3n) is 3.84. The van der Waals surface area contributed by atoms with E-state index in [1.807, 2.05) is 11.3 Å². The fourth-order valence-corrected chi connectivity index (χ4v) is 3.19. The zero-order valence-corrected chi connectivity index (χ0v) is 11.1. The second-order valence-electron chi connectivity index (χ2n) is 5.20. The molecule has 2 N–H and O–H groups in total. The molecule has 1 aliphatic heterocycles. The summed E-state index contributed by atoms with van der Waals surface area (Å²) >= 11 is 1.91. The van der Waals surface area contributed by atoms with Crippen LogP contribution in [0, 0.1) is 5.41 Å². The Labute approximate surface area is 102 Å². The van der Waals surface area contributed by atoms with Gasteiger partial charge in [-0.25, -0.2) is 0 Å². The Morgan fingerprint density at radius 2 is 2.38 bits per heavy atom. The van der Waals surface area contributed by atoms with E-state index in [1.165, 1.54) is 18.5 Å². The first-order chi connectivity index (χ1) is 7.67. The molecule has 0 saturated carbocycles. The molecule has 0 aromatic carbocycles. The lowest BCUT2D eigenvalue weighted by molar-refractivity contribution is 0.152. The maximum absolute atomic E-state index is 5.88. The largest absolute Gasteiger partial charge is 0.330 e. The second kappa shape index (κ2) is 4.86. The summed E-state index contributed by atoms with van der Waals surface area (Å²) in [7, 11) is 0. The summed E-state index contributed by atoms with van der Waals surface area (Å²) in [5.41, 5.74) is 7.70. The molecular weight excluding hydrogens is 216 g/mol. The van der Waals surface area contributed by atoms with E-state index in [0.717, 1.165) is 26.1 Å². The van der Waals surface area contributed by atoms with Gasteiger partial charge in [-0.1, -0.05) is 13.8 Å². The van der Waals surface area contributed by atoms with Gasteiger partial charge < -0.3 is 5.73 Å². The Morgan fingerprint density at radius 3 is 3.06 bits per heavy atom. The van der Waals surface area contributed by atoms with Crippen LogP contribution >= 0.6 is 11.3 Å². The molecule has 0 amide bonds. The third-order valence-corrected chi connectivity index (χ3v) is 4.86. The number of nitrogens with two attached hydrogens (primary N) is 1. The van der Waals surface area contributed by atoms with Gasteiger partial charge in [0.1, 0.15) is 0 Å². The van der Waals surface area contributed by atoms with Crippen molar-refractivity contribution in [2.75, 3.05) is 19.6 Å². The van der Waals surface area contributed by atoms with Crippen LogP contribution in [-0.2, 0) is 13.0 Å². The normalized spacial score (nSPS) is 20.4. The summed E-state index contributed by atoms with van der Waals surface area (Å²) in [6.45, 7) is 8.78. The van der Waals surface area contributed by atoms with Gasteiger partial charge in [-0.05, 0) is 41.8 Å². The van der Waals surface area contributed by atoms with Crippen LogP contribution in [0.1, 0.15) is 30.7 Å². The highest BCUT2D eigenvalue weighted by atomic mass is 32.1. The minimum atomic E-state index is 0.285. The minimum absolute atomic E-state index is 0.285. The van der Waals surface area contributed by atoms with Crippen molar-refractivity contribution in [1.29, 1.82) is 0 Å². The molecule has 1 aromatic rings. The topological polar surface area (TPSA) is 29.3 Å². The minimum Gasteiger partial charge on any atom is -0.330 e. The number of fused-ring (bicyclic) bond motifs is 1. The van der Waals surface area contributed by atoms with Crippen molar-refractivity contribution < 1.29 is 0 Å². The Morgan fingerprint density at radius 1 is 1.56 bits per heavy atom. The fraction of sp³-hybridized carbons (Fsp3) is 0.692. The van der Waals surface area contributed by atoms with Crippen molar-refractivity contribution in [2.45, 2.75) is 33.2 Å². The molecule has 0 saturated heterocycles. The number of rotatable bonds is 4. The highest BCUT2D eigenvalue weighted by molar-refractivity contribution is 7.10. The highest BCUT2D eigenvalue weighted by Crippen LogP contribution is 2.27. The third kappa shape index (κ3) is 2.47. The molecule has 2 heterocycles. The Bertz CT molecular complexity index is 341. The standard InChI is InChI=1S/C13H22N2S/c1-3-13(2,9-14)10-15-6-4-12-11(8-15)5-7-16-12/h5,7H,3-4,6,8-10,14H2,1-2H3. The monoisotopic (exact) mass is 238 g/mol. The van der Waals surface area contributed by atoms with Crippen molar-refractivity contribution in [3.8, 4) is 0 Å². The van der Waals surface area contributed by atoms with Crippen molar-refractivity contribution >= 4 is 11.3 Å². The first-order valence-electron chi connectivity index (χ1n) is 6.14. The predicted molar refractivity (Wildman–Crippen MR) is 70.8 cm³/mol. The second-order valence-corrected chi connectivity index (χ2v) is 6.20. The van der Waals surface area contributed by atoms with Crippen LogP contribution in [0.15, 0.2) is 11.4 Å². The molecule has 1 atom stereocenters. The highest BCUT2D eigenvalue weighted by Gasteiger charge is 2.26. The van der Waals surface area contributed by atoms with E-state index in [0.29, 0.717) is 0 Å². The van der Waals surface area contributed by atoms with E-state index in [2.05, 4.69) is 30.2 Å². The number of thiophene rings is 1. The van der Waals surface area contributed by atoms with E-state index in [4.69, 9.17) is 5.73 Å². The molecule has 0 aliphatic carbocycles. The van der Waals surface area contributed by atoms with Gasteiger partial charge in [-0.2, -0.15) is 0 Å². The van der Waals surface area contributed by atoms with Crippen LogP contribution in [0.2, 0.25) is 0 Å². The van der Waals surface area contributed by atoms with Crippen LogP contribution in [0.4, 0.5) is 0 Å². The molecule has 0 spiro atoms. The Kier molecular flexibility index (Phi) is 3.67.